The second kappa shape index (κ2) is 9.15. The number of alkyl carbamates (subject to hydrolysis) is 1. The summed E-state index contributed by atoms with van der Waals surface area (Å²) >= 11 is 5.90. The van der Waals surface area contributed by atoms with Gasteiger partial charge in [-0.3, -0.25) is 0 Å². The largest absolute Gasteiger partial charge is 0.444 e. The summed E-state index contributed by atoms with van der Waals surface area (Å²) in [4.78, 5) is 19.9. The third-order valence-electron chi connectivity index (χ3n) is 4.24. The van der Waals surface area contributed by atoms with Crippen LogP contribution < -0.4 is 10.6 Å². The molecule has 1 aliphatic carbocycles. The molecule has 8 heteroatoms. The summed E-state index contributed by atoms with van der Waals surface area (Å²) < 4.78 is 5.26. The first kappa shape index (κ1) is 20.4. The van der Waals surface area contributed by atoms with Gasteiger partial charge in [0.15, 0.2) is 10.8 Å². The van der Waals surface area contributed by atoms with E-state index in [1.807, 2.05) is 26.8 Å². The van der Waals surface area contributed by atoms with Crippen molar-refractivity contribution < 1.29 is 9.53 Å². The topological polar surface area (TPSA) is 99.9 Å². The Labute approximate surface area is 159 Å². The highest BCUT2D eigenvalue weighted by Crippen LogP contribution is 2.24. The average Bonchev–Trinajstić information content (AvgIpc) is 2.57. The van der Waals surface area contributed by atoms with Gasteiger partial charge in [-0.15, -0.1) is 0 Å². The van der Waals surface area contributed by atoms with Crippen LogP contribution in [0.15, 0.2) is 6.20 Å². The Kier molecular flexibility index (Phi) is 7.18. The van der Waals surface area contributed by atoms with E-state index in [4.69, 9.17) is 21.6 Å². The van der Waals surface area contributed by atoms with Gasteiger partial charge in [-0.05, 0) is 52.4 Å². The van der Waals surface area contributed by atoms with Crippen LogP contribution in [0.2, 0.25) is 5.15 Å². The predicted molar refractivity (Wildman–Crippen MR) is 98.6 cm³/mol. The molecule has 142 valence electrons. The Balaban J connectivity index is 1.68. The summed E-state index contributed by atoms with van der Waals surface area (Å²) in [6.45, 7) is 6.79. The third-order valence-corrected chi connectivity index (χ3v) is 4.50. The molecule has 0 spiro atoms. The first-order chi connectivity index (χ1) is 12.3. The number of aromatic nitrogens is 2. The van der Waals surface area contributed by atoms with Crippen molar-refractivity contribution in [2.24, 2.45) is 5.92 Å². The van der Waals surface area contributed by atoms with Gasteiger partial charge in [0.25, 0.3) is 0 Å². The number of amides is 1. The molecule has 0 unspecified atom stereocenters. The first-order valence-electron chi connectivity index (χ1n) is 8.88. The van der Waals surface area contributed by atoms with Crippen LogP contribution >= 0.6 is 11.6 Å². The van der Waals surface area contributed by atoms with Crippen LogP contribution in [0.1, 0.15) is 57.8 Å². The zero-order valence-corrected chi connectivity index (χ0v) is 16.3. The molecule has 0 aliphatic heterocycles. The van der Waals surface area contributed by atoms with Gasteiger partial charge in [-0.2, -0.15) is 5.26 Å². The van der Waals surface area contributed by atoms with Crippen molar-refractivity contribution in [3.05, 3.63) is 22.7 Å². The quantitative estimate of drug-likeness (QED) is 0.814. The number of nitriles is 1. The van der Waals surface area contributed by atoms with Crippen molar-refractivity contribution in [2.45, 2.75) is 64.6 Å². The lowest BCUT2D eigenvalue weighted by Crippen LogP contribution is -2.38. The minimum atomic E-state index is -0.469. The molecule has 26 heavy (non-hydrogen) atoms. The fraction of sp³-hybridized carbons (Fsp3) is 0.667. The zero-order chi connectivity index (χ0) is 19.2. The van der Waals surface area contributed by atoms with Gasteiger partial charge in [-0.25, -0.2) is 14.8 Å². The molecule has 0 radical (unpaired) electrons. The molecule has 1 heterocycles. The number of hydrogen-bond acceptors (Lipinski definition) is 6. The fourth-order valence-electron chi connectivity index (χ4n) is 2.92. The Bertz CT molecular complexity index is 661. The molecule has 1 aliphatic rings. The van der Waals surface area contributed by atoms with E-state index in [1.165, 1.54) is 0 Å². The highest BCUT2D eigenvalue weighted by Gasteiger charge is 2.22. The summed E-state index contributed by atoms with van der Waals surface area (Å²) in [5, 5.41) is 15.3. The van der Waals surface area contributed by atoms with Gasteiger partial charge in [0.1, 0.15) is 11.7 Å². The number of carbonyl (C=O) groups excluding carboxylic acids is 1. The molecule has 0 atom stereocenters. The highest BCUT2D eigenvalue weighted by atomic mass is 35.5. The monoisotopic (exact) mass is 379 g/mol. The van der Waals surface area contributed by atoms with Gasteiger partial charge < -0.3 is 15.4 Å². The second-order valence-corrected chi connectivity index (χ2v) is 7.95. The summed E-state index contributed by atoms with van der Waals surface area (Å²) in [7, 11) is 0. The van der Waals surface area contributed by atoms with Crippen molar-refractivity contribution in [1.29, 1.82) is 5.26 Å². The third kappa shape index (κ3) is 6.77. The van der Waals surface area contributed by atoms with Gasteiger partial charge in [0.05, 0.1) is 11.9 Å². The van der Waals surface area contributed by atoms with Crippen LogP contribution in [0.3, 0.4) is 0 Å². The molecule has 1 saturated carbocycles. The normalized spacial score (nSPS) is 20.3. The summed E-state index contributed by atoms with van der Waals surface area (Å²) in [5.74, 6) is 0.477. The number of nitrogens with one attached hydrogen (secondary N) is 2. The minimum Gasteiger partial charge on any atom is -0.444 e. The summed E-state index contributed by atoms with van der Waals surface area (Å²) in [6, 6.07) is 2.31. The van der Waals surface area contributed by atoms with E-state index in [-0.39, 0.29) is 16.9 Å². The Morgan fingerprint density at radius 2 is 2.08 bits per heavy atom. The summed E-state index contributed by atoms with van der Waals surface area (Å²) in [6.07, 6.45) is 5.40. The van der Waals surface area contributed by atoms with E-state index in [0.29, 0.717) is 25.0 Å². The molecular formula is C18H26ClN5O2. The van der Waals surface area contributed by atoms with Crippen LogP contribution in [0.4, 0.5) is 4.79 Å². The van der Waals surface area contributed by atoms with Crippen molar-refractivity contribution in [1.82, 2.24) is 20.6 Å². The molecule has 2 rings (SSSR count). The number of carbonyl (C=O) groups is 1. The maximum Gasteiger partial charge on any atom is 0.407 e. The predicted octanol–water partition coefficient (Wildman–Crippen LogP) is 3.17. The van der Waals surface area contributed by atoms with E-state index in [1.54, 1.807) is 6.20 Å². The van der Waals surface area contributed by atoms with E-state index >= 15 is 0 Å². The maximum absolute atomic E-state index is 11.7. The standard InChI is InChI=1S/C18H26ClN5O2/c1-18(2,3)26-17(25)23-9-12-4-6-13(7-5-12)21-10-14-11-22-15(8-20)16(19)24-14/h11-13,21H,4-7,9-10H2,1-3H3,(H,23,25). The van der Waals surface area contributed by atoms with Crippen molar-refractivity contribution >= 4 is 17.7 Å². The van der Waals surface area contributed by atoms with Crippen LogP contribution in [0.5, 0.6) is 0 Å². The molecule has 2 N–H and O–H groups in total. The Morgan fingerprint density at radius 3 is 2.65 bits per heavy atom. The van der Waals surface area contributed by atoms with Crippen molar-refractivity contribution in [3.8, 4) is 6.07 Å². The number of rotatable bonds is 5. The highest BCUT2D eigenvalue weighted by molar-refractivity contribution is 6.30. The SMILES string of the molecule is CC(C)(C)OC(=O)NCC1CCC(NCc2cnc(C#N)c(Cl)n2)CC1. The van der Waals surface area contributed by atoms with Crippen LogP contribution in [0, 0.1) is 17.2 Å². The van der Waals surface area contributed by atoms with Crippen molar-refractivity contribution in [2.75, 3.05) is 6.54 Å². The lowest BCUT2D eigenvalue weighted by Gasteiger charge is -2.29. The molecule has 7 nitrogen and oxygen atoms in total. The Morgan fingerprint density at radius 1 is 1.38 bits per heavy atom. The number of nitrogens with zero attached hydrogens (tertiary/aromatic N) is 3. The van der Waals surface area contributed by atoms with E-state index < -0.39 is 5.60 Å². The number of hydrogen-bond donors (Lipinski definition) is 2. The molecule has 0 bridgehead atoms. The first-order valence-corrected chi connectivity index (χ1v) is 9.26. The van der Waals surface area contributed by atoms with Gasteiger partial charge in [0, 0.05) is 19.1 Å². The summed E-state index contributed by atoms with van der Waals surface area (Å²) in [5.41, 5.74) is 0.402. The van der Waals surface area contributed by atoms with Crippen LogP contribution in [-0.2, 0) is 11.3 Å². The van der Waals surface area contributed by atoms with Crippen LogP contribution in [0.25, 0.3) is 0 Å². The Hall–Kier alpha value is -1.91. The van der Waals surface area contributed by atoms with Crippen LogP contribution in [-0.4, -0.2) is 34.2 Å². The van der Waals surface area contributed by atoms with Gasteiger partial charge in [0.2, 0.25) is 0 Å². The smallest absolute Gasteiger partial charge is 0.407 e. The van der Waals surface area contributed by atoms with Gasteiger partial charge in [-0.1, -0.05) is 11.6 Å². The zero-order valence-electron chi connectivity index (χ0n) is 15.5. The average molecular weight is 380 g/mol. The number of halogens is 1. The van der Waals surface area contributed by atoms with E-state index in [9.17, 15) is 4.79 Å². The van der Waals surface area contributed by atoms with E-state index in [0.717, 1.165) is 31.4 Å². The van der Waals surface area contributed by atoms with Gasteiger partial charge >= 0.3 is 6.09 Å². The molecule has 1 aromatic heterocycles. The van der Waals surface area contributed by atoms with E-state index in [2.05, 4.69) is 20.6 Å². The molecule has 0 aromatic carbocycles. The lowest BCUT2D eigenvalue weighted by molar-refractivity contribution is 0.0514. The van der Waals surface area contributed by atoms with Crippen molar-refractivity contribution in [3.63, 3.8) is 0 Å². The minimum absolute atomic E-state index is 0.142. The molecule has 1 aromatic rings. The molecule has 0 saturated heterocycles. The second-order valence-electron chi connectivity index (χ2n) is 7.59. The lowest BCUT2D eigenvalue weighted by atomic mass is 9.86. The molecule has 1 fully saturated rings. The maximum atomic E-state index is 11.7. The molecular weight excluding hydrogens is 354 g/mol. The number of ether oxygens (including phenoxy) is 1. The fourth-order valence-corrected chi connectivity index (χ4v) is 3.12. The molecule has 1 amide bonds.